The quantitative estimate of drug-likeness (QED) is 0.434. The van der Waals surface area contributed by atoms with E-state index < -0.39 is 17.5 Å². The molecule has 0 aliphatic heterocycles. The number of aromatic nitrogens is 3. The van der Waals surface area contributed by atoms with E-state index in [1.165, 1.54) is 23.5 Å². The Kier molecular flexibility index (Phi) is 5.61. The molecule has 0 saturated heterocycles. The maximum atomic E-state index is 13.9. The molecule has 0 aliphatic carbocycles. The average Bonchev–Trinajstić information content (AvgIpc) is 3.34. The van der Waals surface area contributed by atoms with Gasteiger partial charge in [-0.15, -0.1) is 11.3 Å². The second-order valence-corrected chi connectivity index (χ2v) is 7.97. The van der Waals surface area contributed by atoms with Crippen LogP contribution in [0.2, 0.25) is 5.02 Å². The van der Waals surface area contributed by atoms with E-state index in [4.69, 9.17) is 11.6 Å². The first kappa shape index (κ1) is 20.2. The molecule has 2 N–H and O–H groups in total. The first-order valence-corrected chi connectivity index (χ1v) is 10.1. The van der Waals surface area contributed by atoms with E-state index in [9.17, 15) is 13.6 Å². The van der Waals surface area contributed by atoms with Crippen molar-refractivity contribution in [3.8, 4) is 21.8 Å². The Morgan fingerprint density at radius 1 is 1.17 bits per heavy atom. The molecule has 5 nitrogen and oxygen atoms in total. The molecule has 0 unspecified atom stereocenters. The summed E-state index contributed by atoms with van der Waals surface area (Å²) in [5.74, 6) is -1.83. The fraction of sp³-hybridized carbons (Fsp3) is 0.0952. The van der Waals surface area contributed by atoms with Crippen LogP contribution in [0.4, 0.5) is 8.78 Å². The summed E-state index contributed by atoms with van der Waals surface area (Å²) in [4.78, 5) is 17.9. The molecule has 0 atom stereocenters. The van der Waals surface area contributed by atoms with Crippen molar-refractivity contribution in [1.82, 2.24) is 20.5 Å². The van der Waals surface area contributed by atoms with Crippen molar-refractivity contribution in [2.24, 2.45) is 0 Å². The van der Waals surface area contributed by atoms with Crippen LogP contribution in [0.1, 0.15) is 21.1 Å². The minimum atomic E-state index is -0.749. The molecule has 0 bridgehead atoms. The molecule has 9 heteroatoms. The number of hydrogen-bond acceptors (Lipinski definition) is 4. The van der Waals surface area contributed by atoms with Crippen LogP contribution < -0.4 is 5.32 Å². The zero-order valence-corrected chi connectivity index (χ0v) is 17.2. The molecule has 2 aromatic heterocycles. The van der Waals surface area contributed by atoms with E-state index in [0.29, 0.717) is 5.02 Å². The Hall–Kier alpha value is -3.10. The van der Waals surface area contributed by atoms with Crippen molar-refractivity contribution in [2.75, 3.05) is 0 Å². The average molecular weight is 445 g/mol. The normalized spacial score (nSPS) is 10.9. The number of hydrogen-bond donors (Lipinski definition) is 2. The van der Waals surface area contributed by atoms with E-state index in [-0.39, 0.29) is 23.5 Å². The summed E-state index contributed by atoms with van der Waals surface area (Å²) in [7, 11) is 0. The van der Waals surface area contributed by atoms with Gasteiger partial charge in [-0.05, 0) is 31.2 Å². The van der Waals surface area contributed by atoms with Crippen molar-refractivity contribution in [2.45, 2.75) is 13.5 Å². The number of aryl methyl sites for hydroxylation is 1. The lowest BCUT2D eigenvalue weighted by Gasteiger charge is -2.02. The molecule has 0 saturated carbocycles. The third-order valence-electron chi connectivity index (χ3n) is 4.44. The van der Waals surface area contributed by atoms with Crippen molar-refractivity contribution in [1.29, 1.82) is 0 Å². The van der Waals surface area contributed by atoms with E-state index in [1.807, 2.05) is 25.1 Å². The van der Waals surface area contributed by atoms with Crippen molar-refractivity contribution < 1.29 is 13.6 Å². The predicted molar refractivity (Wildman–Crippen MR) is 112 cm³/mol. The van der Waals surface area contributed by atoms with Gasteiger partial charge in [-0.25, -0.2) is 13.8 Å². The number of halogens is 3. The number of carbonyl (C=O) groups is 1. The Morgan fingerprint density at radius 3 is 2.73 bits per heavy atom. The molecule has 1 amide bonds. The van der Waals surface area contributed by atoms with Crippen molar-refractivity contribution >= 4 is 28.8 Å². The van der Waals surface area contributed by atoms with Gasteiger partial charge < -0.3 is 5.32 Å². The van der Waals surface area contributed by atoms with Gasteiger partial charge in [-0.2, -0.15) is 5.10 Å². The van der Waals surface area contributed by atoms with Crippen LogP contribution in [-0.2, 0) is 6.54 Å². The maximum absolute atomic E-state index is 13.9. The minimum Gasteiger partial charge on any atom is -0.346 e. The second kappa shape index (κ2) is 8.33. The standard InChI is InChI=1S/C21H15ClF2N4OS/c1-11-19(30-21(26-11)13-4-2-3-5-15(13)22)10-25-20(29)18-9-17(27-28-18)14-7-6-12(23)8-16(14)24/h2-9H,10H2,1H3,(H,25,29)(H,27,28). The predicted octanol–water partition coefficient (Wildman–Crippen LogP) is 5.37. The molecule has 0 spiro atoms. The summed E-state index contributed by atoms with van der Waals surface area (Å²) in [6.45, 7) is 2.13. The summed E-state index contributed by atoms with van der Waals surface area (Å²) in [5, 5.41) is 10.7. The van der Waals surface area contributed by atoms with Gasteiger partial charge in [-0.1, -0.05) is 29.8 Å². The van der Waals surface area contributed by atoms with Crippen LogP contribution >= 0.6 is 22.9 Å². The van der Waals surface area contributed by atoms with Crippen LogP contribution in [0.5, 0.6) is 0 Å². The summed E-state index contributed by atoms with van der Waals surface area (Å²) in [6.07, 6.45) is 0. The van der Waals surface area contributed by atoms with Gasteiger partial charge in [0.1, 0.15) is 22.3 Å². The molecule has 0 fully saturated rings. The van der Waals surface area contributed by atoms with E-state index in [1.54, 1.807) is 6.07 Å². The van der Waals surface area contributed by atoms with Gasteiger partial charge in [-0.3, -0.25) is 9.89 Å². The number of carbonyl (C=O) groups excluding carboxylic acids is 1. The number of nitrogens with zero attached hydrogens (tertiary/aromatic N) is 2. The first-order valence-electron chi connectivity index (χ1n) is 8.92. The highest BCUT2D eigenvalue weighted by molar-refractivity contribution is 7.15. The highest BCUT2D eigenvalue weighted by atomic mass is 35.5. The van der Waals surface area contributed by atoms with Crippen molar-refractivity contribution in [3.63, 3.8) is 0 Å². The van der Waals surface area contributed by atoms with Gasteiger partial charge in [0.25, 0.3) is 5.91 Å². The van der Waals surface area contributed by atoms with Crippen LogP contribution in [0.3, 0.4) is 0 Å². The largest absolute Gasteiger partial charge is 0.346 e. The van der Waals surface area contributed by atoms with Gasteiger partial charge in [0.15, 0.2) is 0 Å². The number of aromatic amines is 1. The molecule has 0 radical (unpaired) electrons. The first-order chi connectivity index (χ1) is 14.4. The minimum absolute atomic E-state index is 0.106. The highest BCUT2D eigenvalue weighted by Crippen LogP contribution is 2.32. The van der Waals surface area contributed by atoms with Crippen molar-refractivity contribution in [3.05, 3.63) is 81.5 Å². The fourth-order valence-corrected chi connectivity index (χ4v) is 4.19. The third kappa shape index (κ3) is 4.10. The highest BCUT2D eigenvalue weighted by Gasteiger charge is 2.16. The Morgan fingerprint density at radius 2 is 1.97 bits per heavy atom. The van der Waals surface area contributed by atoms with Gasteiger partial charge in [0.05, 0.1) is 23.0 Å². The molecule has 2 heterocycles. The number of thiazole rings is 1. The lowest BCUT2D eigenvalue weighted by Crippen LogP contribution is -2.23. The topological polar surface area (TPSA) is 70.7 Å². The van der Waals surface area contributed by atoms with E-state index in [0.717, 1.165) is 33.3 Å². The number of rotatable bonds is 5. The molecule has 30 heavy (non-hydrogen) atoms. The van der Waals surface area contributed by atoms with Crippen LogP contribution in [0.15, 0.2) is 48.5 Å². The summed E-state index contributed by atoms with van der Waals surface area (Å²) >= 11 is 7.69. The Bertz CT molecular complexity index is 1240. The summed E-state index contributed by atoms with van der Waals surface area (Å²) in [6, 6.07) is 12.0. The summed E-state index contributed by atoms with van der Waals surface area (Å²) in [5.41, 5.74) is 2.13. The van der Waals surface area contributed by atoms with Crippen LogP contribution in [0.25, 0.3) is 21.8 Å². The second-order valence-electron chi connectivity index (χ2n) is 6.48. The molecule has 0 aliphatic rings. The molecule has 4 aromatic rings. The van der Waals surface area contributed by atoms with Gasteiger partial charge >= 0.3 is 0 Å². The molecule has 152 valence electrons. The number of nitrogens with one attached hydrogen (secondary N) is 2. The number of amides is 1. The number of benzene rings is 2. The number of H-pyrrole nitrogens is 1. The van der Waals surface area contributed by atoms with Gasteiger partial charge in [0, 0.05) is 22.1 Å². The summed E-state index contributed by atoms with van der Waals surface area (Å²) < 4.78 is 27.0. The molecule has 2 aromatic carbocycles. The Balaban J connectivity index is 1.47. The third-order valence-corrected chi connectivity index (χ3v) is 5.96. The van der Waals surface area contributed by atoms with Gasteiger partial charge in [0.2, 0.25) is 0 Å². The van der Waals surface area contributed by atoms with Crippen LogP contribution in [0, 0.1) is 18.6 Å². The lowest BCUT2D eigenvalue weighted by atomic mass is 10.1. The SMILES string of the molecule is Cc1nc(-c2ccccc2Cl)sc1CNC(=O)c1cc(-c2ccc(F)cc2F)n[nH]1. The van der Waals surface area contributed by atoms with Crippen LogP contribution in [-0.4, -0.2) is 21.1 Å². The van der Waals surface area contributed by atoms with E-state index in [2.05, 4.69) is 20.5 Å². The molecular formula is C21H15ClF2N4OS. The molecular weight excluding hydrogens is 430 g/mol. The Labute approximate surface area is 179 Å². The smallest absolute Gasteiger partial charge is 0.269 e. The zero-order valence-electron chi connectivity index (χ0n) is 15.7. The molecule has 4 rings (SSSR count). The zero-order chi connectivity index (χ0) is 21.3. The van der Waals surface area contributed by atoms with E-state index >= 15 is 0 Å². The maximum Gasteiger partial charge on any atom is 0.269 e. The lowest BCUT2D eigenvalue weighted by molar-refractivity contribution is 0.0946. The fourth-order valence-electron chi connectivity index (χ4n) is 2.87. The monoisotopic (exact) mass is 444 g/mol.